The molecule has 0 aliphatic carbocycles. The van der Waals surface area contributed by atoms with Gasteiger partial charge in [-0.1, -0.05) is 0 Å². The Morgan fingerprint density at radius 1 is 1.55 bits per heavy atom. The molecule has 2 heterocycles. The molecule has 0 radical (unpaired) electrons. The van der Waals surface area contributed by atoms with Crippen LogP contribution in [0.5, 0.6) is 5.88 Å². The van der Waals surface area contributed by atoms with Crippen LogP contribution in [0.1, 0.15) is 26.0 Å². The van der Waals surface area contributed by atoms with Gasteiger partial charge in [-0.3, -0.25) is 4.79 Å². The maximum Gasteiger partial charge on any atom is 0.325 e. The van der Waals surface area contributed by atoms with E-state index < -0.39 is 11.5 Å². The van der Waals surface area contributed by atoms with E-state index in [9.17, 15) is 4.79 Å². The van der Waals surface area contributed by atoms with E-state index >= 15 is 0 Å². The summed E-state index contributed by atoms with van der Waals surface area (Å²) in [6.45, 7) is 6.41. The summed E-state index contributed by atoms with van der Waals surface area (Å²) < 4.78 is 5.57. The van der Waals surface area contributed by atoms with Crippen molar-refractivity contribution in [3.05, 3.63) is 11.8 Å². The van der Waals surface area contributed by atoms with Crippen molar-refractivity contribution in [3.63, 3.8) is 0 Å². The normalized spacial score (nSPS) is 22.4. The van der Waals surface area contributed by atoms with Crippen LogP contribution in [0, 0.1) is 6.92 Å². The molecule has 0 bridgehead atoms. The number of nitrogens with zero attached hydrogens (tertiary/aromatic N) is 3. The molecule has 1 fully saturated rings. The molecule has 7 heteroatoms. The van der Waals surface area contributed by atoms with E-state index in [1.54, 1.807) is 11.0 Å². The monoisotopic (exact) mass is 280 g/mol. The Balaban J connectivity index is 2.21. The summed E-state index contributed by atoms with van der Waals surface area (Å²) in [6.07, 6.45) is 0.392. The van der Waals surface area contributed by atoms with Crippen molar-refractivity contribution in [1.82, 2.24) is 9.97 Å². The Bertz CT molecular complexity index is 520. The molecule has 0 aromatic carbocycles. The van der Waals surface area contributed by atoms with Crippen molar-refractivity contribution in [2.45, 2.75) is 38.8 Å². The first-order chi connectivity index (χ1) is 9.30. The third-order valence-electron chi connectivity index (χ3n) is 3.18. The van der Waals surface area contributed by atoms with Gasteiger partial charge in [0.25, 0.3) is 0 Å². The predicted octanol–water partition coefficient (Wildman–Crippen LogP) is 0.564. The number of hydrogen-bond acceptors (Lipinski definition) is 6. The number of carbonyl (C=O) groups is 1. The number of hydrogen-bond donors (Lipinski definition) is 2. The molecule has 1 unspecified atom stereocenters. The molecule has 1 saturated heterocycles. The Labute approximate surface area is 117 Å². The standard InChI is InChI=1S/C13H20N4O3/c1-8(2)20-10-6-9(3)15-12(16-10)17-5-4-13(14,7-17)11(18)19/h6,8H,4-5,7,14H2,1-3H3,(H,18,19). The topological polar surface area (TPSA) is 102 Å². The number of carboxylic acid groups (broad SMARTS) is 1. The highest BCUT2D eigenvalue weighted by molar-refractivity contribution is 5.80. The highest BCUT2D eigenvalue weighted by Crippen LogP contribution is 2.25. The van der Waals surface area contributed by atoms with Gasteiger partial charge >= 0.3 is 5.97 Å². The molecule has 1 aliphatic heterocycles. The van der Waals surface area contributed by atoms with E-state index in [0.29, 0.717) is 24.8 Å². The zero-order chi connectivity index (χ0) is 14.9. The van der Waals surface area contributed by atoms with E-state index in [1.807, 2.05) is 20.8 Å². The van der Waals surface area contributed by atoms with E-state index in [-0.39, 0.29) is 12.6 Å². The lowest BCUT2D eigenvalue weighted by Crippen LogP contribution is -2.50. The van der Waals surface area contributed by atoms with Crippen molar-refractivity contribution >= 4 is 11.9 Å². The van der Waals surface area contributed by atoms with Crippen molar-refractivity contribution < 1.29 is 14.6 Å². The summed E-state index contributed by atoms with van der Waals surface area (Å²) in [7, 11) is 0. The summed E-state index contributed by atoms with van der Waals surface area (Å²) in [6, 6.07) is 1.76. The maximum absolute atomic E-state index is 11.2. The van der Waals surface area contributed by atoms with Crippen LogP contribution in [-0.4, -0.2) is 45.8 Å². The lowest BCUT2D eigenvalue weighted by atomic mass is 10.0. The second-order valence-electron chi connectivity index (χ2n) is 5.45. The van der Waals surface area contributed by atoms with Gasteiger partial charge in [0.05, 0.1) is 6.10 Å². The molecular weight excluding hydrogens is 260 g/mol. The Hall–Kier alpha value is -1.89. The second-order valence-corrected chi connectivity index (χ2v) is 5.45. The highest BCUT2D eigenvalue weighted by Gasteiger charge is 2.42. The molecular formula is C13H20N4O3. The number of ether oxygens (including phenoxy) is 1. The fraction of sp³-hybridized carbons (Fsp3) is 0.615. The van der Waals surface area contributed by atoms with Crippen LogP contribution in [0.3, 0.4) is 0 Å². The van der Waals surface area contributed by atoms with Gasteiger partial charge in [0, 0.05) is 24.8 Å². The summed E-state index contributed by atoms with van der Waals surface area (Å²) >= 11 is 0. The molecule has 2 rings (SSSR count). The van der Waals surface area contributed by atoms with Crippen LogP contribution in [0.4, 0.5) is 5.95 Å². The summed E-state index contributed by atoms with van der Waals surface area (Å²) in [5.41, 5.74) is 5.40. The fourth-order valence-corrected chi connectivity index (χ4v) is 2.15. The summed E-state index contributed by atoms with van der Waals surface area (Å²) in [5, 5.41) is 9.15. The molecule has 1 atom stereocenters. The van der Waals surface area contributed by atoms with E-state index in [2.05, 4.69) is 9.97 Å². The number of anilines is 1. The van der Waals surface area contributed by atoms with Crippen molar-refractivity contribution in [2.24, 2.45) is 5.73 Å². The minimum Gasteiger partial charge on any atom is -0.480 e. The number of aliphatic carboxylic acids is 1. The first-order valence-corrected chi connectivity index (χ1v) is 6.60. The number of rotatable bonds is 4. The minimum absolute atomic E-state index is 0.0170. The van der Waals surface area contributed by atoms with Crippen molar-refractivity contribution in [2.75, 3.05) is 18.0 Å². The zero-order valence-electron chi connectivity index (χ0n) is 12.0. The summed E-state index contributed by atoms with van der Waals surface area (Å²) in [5.74, 6) is -0.0344. The molecule has 0 saturated carbocycles. The van der Waals surface area contributed by atoms with Crippen molar-refractivity contribution in [3.8, 4) is 5.88 Å². The van der Waals surface area contributed by atoms with Crippen molar-refractivity contribution in [1.29, 1.82) is 0 Å². The van der Waals surface area contributed by atoms with Crippen LogP contribution in [0.2, 0.25) is 0 Å². The molecule has 0 amide bonds. The first-order valence-electron chi connectivity index (χ1n) is 6.60. The third-order valence-corrected chi connectivity index (χ3v) is 3.18. The Morgan fingerprint density at radius 2 is 2.25 bits per heavy atom. The maximum atomic E-state index is 11.2. The Morgan fingerprint density at radius 3 is 2.80 bits per heavy atom. The van der Waals surface area contributed by atoms with Gasteiger partial charge in [0.1, 0.15) is 5.54 Å². The quantitative estimate of drug-likeness (QED) is 0.831. The van der Waals surface area contributed by atoms with Gasteiger partial charge in [0.15, 0.2) is 0 Å². The van der Waals surface area contributed by atoms with Crippen LogP contribution >= 0.6 is 0 Å². The van der Waals surface area contributed by atoms with E-state index in [1.165, 1.54) is 0 Å². The molecule has 7 nitrogen and oxygen atoms in total. The molecule has 1 aromatic heterocycles. The average molecular weight is 280 g/mol. The zero-order valence-corrected chi connectivity index (χ0v) is 12.0. The third kappa shape index (κ3) is 2.98. The Kier molecular flexibility index (Phi) is 3.80. The first kappa shape index (κ1) is 14.5. The van der Waals surface area contributed by atoms with Gasteiger partial charge in [0.2, 0.25) is 11.8 Å². The van der Waals surface area contributed by atoms with Crippen LogP contribution < -0.4 is 15.4 Å². The van der Waals surface area contributed by atoms with Gasteiger partial charge in [-0.2, -0.15) is 4.98 Å². The number of aryl methyl sites for hydroxylation is 1. The minimum atomic E-state index is -1.23. The van der Waals surface area contributed by atoms with E-state index in [4.69, 9.17) is 15.6 Å². The van der Waals surface area contributed by atoms with E-state index in [0.717, 1.165) is 5.69 Å². The smallest absolute Gasteiger partial charge is 0.325 e. The van der Waals surface area contributed by atoms with Gasteiger partial charge in [-0.15, -0.1) is 0 Å². The number of nitrogens with two attached hydrogens (primary N) is 1. The molecule has 3 N–H and O–H groups in total. The lowest BCUT2D eigenvalue weighted by molar-refractivity contribution is -0.142. The van der Waals surface area contributed by atoms with Gasteiger partial charge < -0.3 is 20.5 Å². The number of aromatic nitrogens is 2. The van der Waals surface area contributed by atoms with Gasteiger partial charge in [-0.25, -0.2) is 4.98 Å². The van der Waals surface area contributed by atoms with Gasteiger partial charge in [-0.05, 0) is 27.2 Å². The van der Waals surface area contributed by atoms with Crippen LogP contribution in [-0.2, 0) is 4.79 Å². The second kappa shape index (κ2) is 5.24. The molecule has 110 valence electrons. The predicted molar refractivity (Wildman–Crippen MR) is 73.9 cm³/mol. The highest BCUT2D eigenvalue weighted by atomic mass is 16.5. The average Bonchev–Trinajstić information content (AvgIpc) is 2.71. The largest absolute Gasteiger partial charge is 0.480 e. The molecule has 1 aliphatic rings. The van der Waals surface area contributed by atoms with Crippen LogP contribution in [0.25, 0.3) is 0 Å². The molecule has 1 aromatic rings. The summed E-state index contributed by atoms with van der Waals surface area (Å²) in [4.78, 5) is 21.6. The lowest BCUT2D eigenvalue weighted by Gasteiger charge is -2.21. The fourth-order valence-electron chi connectivity index (χ4n) is 2.15. The van der Waals surface area contributed by atoms with Crippen LogP contribution in [0.15, 0.2) is 6.07 Å². The number of carboxylic acids is 1. The SMILES string of the molecule is Cc1cc(OC(C)C)nc(N2CCC(N)(C(=O)O)C2)n1. The molecule has 20 heavy (non-hydrogen) atoms. The molecule has 0 spiro atoms.